The van der Waals surface area contributed by atoms with E-state index in [4.69, 9.17) is 0 Å². The quantitative estimate of drug-likeness (QED) is 0.675. The molecule has 0 spiro atoms. The molecule has 3 heteroatoms. The Balaban J connectivity index is 2.11. The summed E-state index contributed by atoms with van der Waals surface area (Å²) in [6.45, 7) is 11.1. The van der Waals surface area contributed by atoms with Crippen LogP contribution in [-0.4, -0.2) is 48.9 Å². The summed E-state index contributed by atoms with van der Waals surface area (Å²) in [4.78, 5) is 15.6. The van der Waals surface area contributed by atoms with Crippen molar-refractivity contribution in [3.8, 4) is 0 Å². The van der Waals surface area contributed by atoms with Crippen molar-refractivity contribution in [1.82, 2.24) is 9.80 Å². The molecule has 0 radical (unpaired) electrons. The van der Waals surface area contributed by atoms with Crippen molar-refractivity contribution in [2.45, 2.75) is 52.9 Å². The van der Waals surface area contributed by atoms with E-state index in [9.17, 15) is 4.79 Å². The van der Waals surface area contributed by atoms with E-state index in [1.54, 1.807) is 6.92 Å². The highest BCUT2D eigenvalue weighted by Gasteiger charge is 2.23. The van der Waals surface area contributed by atoms with Crippen LogP contribution >= 0.6 is 0 Å². The van der Waals surface area contributed by atoms with Crippen molar-refractivity contribution in [3.05, 3.63) is 0 Å². The molecule has 3 nitrogen and oxygen atoms in total. The van der Waals surface area contributed by atoms with Gasteiger partial charge in [-0.05, 0) is 57.0 Å². The van der Waals surface area contributed by atoms with E-state index >= 15 is 0 Å². The molecule has 1 saturated heterocycles. The van der Waals surface area contributed by atoms with Crippen LogP contribution in [0.5, 0.6) is 0 Å². The van der Waals surface area contributed by atoms with Crippen LogP contribution in [0.25, 0.3) is 0 Å². The van der Waals surface area contributed by atoms with Gasteiger partial charge in [0.05, 0.1) is 0 Å². The van der Waals surface area contributed by atoms with Crippen LogP contribution in [0, 0.1) is 11.8 Å². The third kappa shape index (κ3) is 6.42. The van der Waals surface area contributed by atoms with Gasteiger partial charge in [0, 0.05) is 27.1 Å². The fourth-order valence-electron chi connectivity index (χ4n) is 3.15. The lowest BCUT2D eigenvalue weighted by Gasteiger charge is -2.19. The molecule has 1 fully saturated rings. The molecule has 19 heavy (non-hydrogen) atoms. The third-order valence-electron chi connectivity index (χ3n) is 4.37. The van der Waals surface area contributed by atoms with Gasteiger partial charge in [0.25, 0.3) is 0 Å². The van der Waals surface area contributed by atoms with Gasteiger partial charge in [0.2, 0.25) is 5.91 Å². The van der Waals surface area contributed by atoms with E-state index in [0.29, 0.717) is 0 Å². The van der Waals surface area contributed by atoms with Crippen molar-refractivity contribution in [2.24, 2.45) is 11.8 Å². The SMILES string of the molecule is CCCN1CCC(C[C@H](C)CCCN(C)C(C)=O)C1. The van der Waals surface area contributed by atoms with Crippen molar-refractivity contribution < 1.29 is 4.79 Å². The average molecular weight is 268 g/mol. The second kappa shape index (κ2) is 8.57. The summed E-state index contributed by atoms with van der Waals surface area (Å²) < 4.78 is 0. The Kier molecular flexibility index (Phi) is 7.44. The molecular formula is C16H32N2O. The van der Waals surface area contributed by atoms with Gasteiger partial charge in [0.15, 0.2) is 0 Å². The number of carbonyl (C=O) groups excluding carboxylic acids is 1. The number of amides is 1. The van der Waals surface area contributed by atoms with E-state index in [0.717, 1.165) is 24.8 Å². The van der Waals surface area contributed by atoms with Crippen molar-refractivity contribution in [1.29, 1.82) is 0 Å². The van der Waals surface area contributed by atoms with Crippen molar-refractivity contribution in [3.63, 3.8) is 0 Å². The minimum Gasteiger partial charge on any atom is -0.346 e. The minimum absolute atomic E-state index is 0.179. The largest absolute Gasteiger partial charge is 0.346 e. The Morgan fingerprint density at radius 2 is 2.21 bits per heavy atom. The first-order chi connectivity index (χ1) is 9.02. The van der Waals surface area contributed by atoms with Crippen LogP contribution in [0.1, 0.15) is 52.9 Å². The first kappa shape index (κ1) is 16.5. The van der Waals surface area contributed by atoms with Gasteiger partial charge in [-0.25, -0.2) is 0 Å². The van der Waals surface area contributed by atoms with Crippen LogP contribution in [-0.2, 0) is 4.79 Å². The number of nitrogens with zero attached hydrogens (tertiary/aromatic N) is 2. The monoisotopic (exact) mass is 268 g/mol. The van der Waals surface area contributed by atoms with Gasteiger partial charge in [-0.3, -0.25) is 4.79 Å². The molecule has 1 aliphatic heterocycles. The van der Waals surface area contributed by atoms with Gasteiger partial charge in [-0.1, -0.05) is 13.8 Å². The Bertz CT molecular complexity index is 267. The molecule has 1 rings (SSSR count). The second-order valence-electron chi connectivity index (χ2n) is 6.38. The molecule has 1 aliphatic rings. The summed E-state index contributed by atoms with van der Waals surface area (Å²) in [5.41, 5.74) is 0. The Hall–Kier alpha value is -0.570. The number of hydrogen-bond donors (Lipinski definition) is 0. The molecule has 0 bridgehead atoms. The van der Waals surface area contributed by atoms with Gasteiger partial charge in [-0.15, -0.1) is 0 Å². The summed E-state index contributed by atoms with van der Waals surface area (Å²) in [5, 5.41) is 0. The van der Waals surface area contributed by atoms with Gasteiger partial charge in [-0.2, -0.15) is 0 Å². The van der Waals surface area contributed by atoms with E-state index in [1.165, 1.54) is 45.3 Å². The molecule has 0 aromatic heterocycles. The number of carbonyl (C=O) groups is 1. The number of hydrogen-bond acceptors (Lipinski definition) is 2. The molecule has 1 amide bonds. The smallest absolute Gasteiger partial charge is 0.219 e. The zero-order chi connectivity index (χ0) is 14.3. The van der Waals surface area contributed by atoms with Crippen LogP contribution in [0.15, 0.2) is 0 Å². The lowest BCUT2D eigenvalue weighted by Crippen LogP contribution is -2.25. The molecule has 2 atom stereocenters. The van der Waals surface area contributed by atoms with E-state index in [-0.39, 0.29) is 5.91 Å². The zero-order valence-electron chi connectivity index (χ0n) is 13.3. The fourth-order valence-corrected chi connectivity index (χ4v) is 3.15. The second-order valence-corrected chi connectivity index (χ2v) is 6.38. The maximum absolute atomic E-state index is 11.1. The molecule has 0 N–H and O–H groups in total. The number of rotatable bonds is 8. The standard InChI is InChI=1S/C16H32N2O/c1-5-9-18-11-8-16(13-18)12-14(2)7-6-10-17(4)15(3)19/h14,16H,5-13H2,1-4H3/t14-,16?/m1/s1. The Morgan fingerprint density at radius 1 is 1.47 bits per heavy atom. The first-order valence-electron chi connectivity index (χ1n) is 7.97. The van der Waals surface area contributed by atoms with Crippen molar-refractivity contribution >= 4 is 5.91 Å². The average Bonchev–Trinajstić information content (AvgIpc) is 2.76. The highest BCUT2D eigenvalue weighted by Crippen LogP contribution is 2.25. The Morgan fingerprint density at radius 3 is 2.84 bits per heavy atom. The minimum atomic E-state index is 0.179. The van der Waals surface area contributed by atoms with Crippen LogP contribution in [0.4, 0.5) is 0 Å². The van der Waals surface area contributed by atoms with Crippen LogP contribution < -0.4 is 0 Å². The normalized spacial score (nSPS) is 21.6. The van der Waals surface area contributed by atoms with Crippen molar-refractivity contribution in [2.75, 3.05) is 33.2 Å². The molecule has 1 heterocycles. The van der Waals surface area contributed by atoms with E-state index < -0.39 is 0 Å². The summed E-state index contributed by atoms with van der Waals surface area (Å²) in [6.07, 6.45) is 6.42. The van der Waals surface area contributed by atoms with E-state index in [2.05, 4.69) is 18.7 Å². The van der Waals surface area contributed by atoms with Gasteiger partial charge < -0.3 is 9.80 Å². The summed E-state index contributed by atoms with van der Waals surface area (Å²) >= 11 is 0. The molecule has 1 unspecified atom stereocenters. The fraction of sp³-hybridized carbons (Fsp3) is 0.938. The molecule has 0 aliphatic carbocycles. The zero-order valence-corrected chi connectivity index (χ0v) is 13.3. The van der Waals surface area contributed by atoms with E-state index in [1.807, 2.05) is 11.9 Å². The van der Waals surface area contributed by atoms with Crippen LogP contribution in [0.2, 0.25) is 0 Å². The van der Waals surface area contributed by atoms with Crippen LogP contribution in [0.3, 0.4) is 0 Å². The highest BCUT2D eigenvalue weighted by molar-refractivity contribution is 5.72. The highest BCUT2D eigenvalue weighted by atomic mass is 16.2. The first-order valence-corrected chi connectivity index (χ1v) is 7.97. The summed E-state index contributed by atoms with van der Waals surface area (Å²) in [6, 6.07) is 0. The molecule has 0 saturated carbocycles. The van der Waals surface area contributed by atoms with Gasteiger partial charge in [0.1, 0.15) is 0 Å². The molecule has 0 aromatic carbocycles. The number of likely N-dealkylation sites (tertiary alicyclic amines) is 1. The predicted molar refractivity (Wildman–Crippen MR) is 81.2 cm³/mol. The Labute approximate surface area is 119 Å². The topological polar surface area (TPSA) is 23.6 Å². The molecular weight excluding hydrogens is 236 g/mol. The maximum Gasteiger partial charge on any atom is 0.219 e. The molecule has 0 aromatic rings. The summed E-state index contributed by atoms with van der Waals surface area (Å²) in [5.74, 6) is 1.89. The maximum atomic E-state index is 11.1. The lowest BCUT2D eigenvalue weighted by molar-refractivity contribution is -0.127. The summed E-state index contributed by atoms with van der Waals surface area (Å²) in [7, 11) is 1.90. The lowest BCUT2D eigenvalue weighted by atomic mass is 9.92. The molecule has 112 valence electrons. The predicted octanol–water partition coefficient (Wildman–Crippen LogP) is 3.00. The third-order valence-corrected chi connectivity index (χ3v) is 4.37. The van der Waals surface area contributed by atoms with Gasteiger partial charge >= 0.3 is 0 Å².